The second kappa shape index (κ2) is 5.77. The van der Waals surface area contributed by atoms with E-state index < -0.39 is 11.2 Å². The predicted molar refractivity (Wildman–Crippen MR) is 83.4 cm³/mol. The molecular weight excluding hydrogens is 282 g/mol. The largest absolute Gasteiger partial charge is 0.467 e. The minimum Gasteiger partial charge on any atom is -0.467 e. The Kier molecular flexibility index (Phi) is 3.65. The zero-order chi connectivity index (χ0) is 15.5. The van der Waals surface area contributed by atoms with Crippen molar-refractivity contribution in [2.45, 2.75) is 13.5 Å². The van der Waals surface area contributed by atoms with Gasteiger partial charge in [0, 0.05) is 6.07 Å². The zero-order valence-corrected chi connectivity index (χ0v) is 12.0. The fourth-order valence-electron chi connectivity index (χ4n) is 2.12. The van der Waals surface area contributed by atoms with Gasteiger partial charge < -0.3 is 9.73 Å². The van der Waals surface area contributed by atoms with Gasteiger partial charge in [-0.15, -0.1) is 0 Å². The molecule has 0 aliphatic carbocycles. The van der Waals surface area contributed by atoms with Crippen LogP contribution in [0.2, 0.25) is 0 Å². The van der Waals surface area contributed by atoms with Crippen LogP contribution in [0.1, 0.15) is 11.3 Å². The SMILES string of the molecule is Cc1ccc(-n2c(=O)cc(NCc3ccco3)[nH]c2=O)cc1. The van der Waals surface area contributed by atoms with Crippen LogP contribution in [0.5, 0.6) is 0 Å². The van der Waals surface area contributed by atoms with Crippen LogP contribution < -0.4 is 16.6 Å². The lowest BCUT2D eigenvalue weighted by Gasteiger charge is -2.08. The fraction of sp³-hybridized carbons (Fsp3) is 0.125. The van der Waals surface area contributed by atoms with Crippen molar-refractivity contribution in [3.05, 3.63) is 80.9 Å². The molecule has 3 rings (SSSR count). The third-order valence-corrected chi connectivity index (χ3v) is 3.26. The van der Waals surface area contributed by atoms with Gasteiger partial charge in [-0.05, 0) is 31.2 Å². The van der Waals surface area contributed by atoms with E-state index in [0.29, 0.717) is 23.8 Å². The molecule has 2 N–H and O–H groups in total. The van der Waals surface area contributed by atoms with Crippen molar-refractivity contribution in [1.29, 1.82) is 0 Å². The highest BCUT2D eigenvalue weighted by molar-refractivity contribution is 5.38. The first kappa shape index (κ1) is 13.9. The second-order valence-corrected chi connectivity index (χ2v) is 4.93. The summed E-state index contributed by atoms with van der Waals surface area (Å²) in [5, 5.41) is 2.95. The number of aryl methyl sites for hydroxylation is 1. The van der Waals surface area contributed by atoms with E-state index >= 15 is 0 Å². The molecule has 1 aromatic carbocycles. The fourth-order valence-corrected chi connectivity index (χ4v) is 2.12. The smallest absolute Gasteiger partial charge is 0.334 e. The van der Waals surface area contributed by atoms with Crippen LogP contribution in [0.15, 0.2) is 62.7 Å². The molecule has 2 aromatic heterocycles. The number of hydrogen-bond donors (Lipinski definition) is 2. The van der Waals surface area contributed by atoms with Crippen molar-refractivity contribution in [3.63, 3.8) is 0 Å². The molecule has 0 aliphatic heterocycles. The Morgan fingerprint density at radius 3 is 2.59 bits per heavy atom. The molecule has 0 fully saturated rings. The highest BCUT2D eigenvalue weighted by atomic mass is 16.3. The van der Waals surface area contributed by atoms with E-state index in [2.05, 4.69) is 10.3 Å². The van der Waals surface area contributed by atoms with Gasteiger partial charge in [0.1, 0.15) is 11.6 Å². The van der Waals surface area contributed by atoms with Crippen molar-refractivity contribution in [2.24, 2.45) is 0 Å². The summed E-state index contributed by atoms with van der Waals surface area (Å²) in [6.07, 6.45) is 1.56. The molecule has 6 heteroatoms. The summed E-state index contributed by atoms with van der Waals surface area (Å²) in [6, 6.07) is 12.1. The maximum atomic E-state index is 12.2. The van der Waals surface area contributed by atoms with Crippen molar-refractivity contribution in [3.8, 4) is 5.69 Å². The molecule has 112 valence electrons. The number of nitrogens with one attached hydrogen (secondary N) is 2. The van der Waals surface area contributed by atoms with Crippen LogP contribution in [0.3, 0.4) is 0 Å². The van der Waals surface area contributed by atoms with Gasteiger partial charge in [-0.1, -0.05) is 17.7 Å². The molecule has 6 nitrogen and oxygen atoms in total. The molecular formula is C16H15N3O3. The first-order valence-corrected chi connectivity index (χ1v) is 6.83. The van der Waals surface area contributed by atoms with Crippen LogP contribution in [0, 0.1) is 6.92 Å². The number of H-pyrrole nitrogens is 1. The van der Waals surface area contributed by atoms with Gasteiger partial charge in [0.25, 0.3) is 5.56 Å². The average Bonchev–Trinajstić information content (AvgIpc) is 3.00. The number of hydrogen-bond acceptors (Lipinski definition) is 4. The minimum atomic E-state index is -0.488. The number of anilines is 1. The number of aromatic nitrogens is 2. The minimum absolute atomic E-state index is 0.356. The molecule has 0 atom stereocenters. The zero-order valence-electron chi connectivity index (χ0n) is 12.0. The van der Waals surface area contributed by atoms with Gasteiger partial charge in [-0.2, -0.15) is 0 Å². The van der Waals surface area contributed by atoms with Crippen LogP contribution in [-0.2, 0) is 6.54 Å². The molecule has 0 unspecified atom stereocenters. The summed E-state index contributed by atoms with van der Waals surface area (Å²) in [5.41, 5.74) is 0.715. The highest BCUT2D eigenvalue weighted by Crippen LogP contribution is 2.06. The summed E-state index contributed by atoms with van der Waals surface area (Å²) in [4.78, 5) is 27.0. The lowest BCUT2D eigenvalue weighted by Crippen LogP contribution is -2.33. The van der Waals surface area contributed by atoms with E-state index in [-0.39, 0.29) is 0 Å². The maximum Gasteiger partial charge on any atom is 0.334 e. The molecule has 2 heterocycles. The quantitative estimate of drug-likeness (QED) is 0.772. The Morgan fingerprint density at radius 2 is 1.95 bits per heavy atom. The molecule has 0 bridgehead atoms. The van der Waals surface area contributed by atoms with Crippen molar-refractivity contribution < 1.29 is 4.42 Å². The Morgan fingerprint density at radius 1 is 1.18 bits per heavy atom. The van der Waals surface area contributed by atoms with E-state index in [0.717, 1.165) is 10.1 Å². The number of rotatable bonds is 4. The maximum absolute atomic E-state index is 12.2. The Labute approximate surface area is 126 Å². The van der Waals surface area contributed by atoms with Crippen LogP contribution in [0.4, 0.5) is 5.82 Å². The van der Waals surface area contributed by atoms with Crippen molar-refractivity contribution in [1.82, 2.24) is 9.55 Å². The number of furan rings is 1. The van der Waals surface area contributed by atoms with Gasteiger partial charge >= 0.3 is 5.69 Å². The summed E-state index contributed by atoms with van der Waals surface area (Å²) in [6.45, 7) is 2.33. The summed E-state index contributed by atoms with van der Waals surface area (Å²) >= 11 is 0. The molecule has 3 aromatic rings. The van der Waals surface area contributed by atoms with E-state index in [1.807, 2.05) is 19.1 Å². The lowest BCUT2D eigenvalue weighted by molar-refractivity contribution is 0.517. The van der Waals surface area contributed by atoms with Crippen LogP contribution in [-0.4, -0.2) is 9.55 Å². The molecule has 22 heavy (non-hydrogen) atoms. The molecule has 0 saturated carbocycles. The van der Waals surface area contributed by atoms with Gasteiger partial charge in [0.2, 0.25) is 0 Å². The number of nitrogens with zero attached hydrogens (tertiary/aromatic N) is 1. The molecule has 0 radical (unpaired) electrons. The number of benzene rings is 1. The molecule has 0 spiro atoms. The second-order valence-electron chi connectivity index (χ2n) is 4.93. The van der Waals surface area contributed by atoms with E-state index in [9.17, 15) is 9.59 Å². The first-order valence-electron chi connectivity index (χ1n) is 6.83. The highest BCUT2D eigenvalue weighted by Gasteiger charge is 2.07. The lowest BCUT2D eigenvalue weighted by atomic mass is 10.2. The van der Waals surface area contributed by atoms with Crippen LogP contribution >= 0.6 is 0 Å². The monoisotopic (exact) mass is 297 g/mol. The van der Waals surface area contributed by atoms with Crippen molar-refractivity contribution >= 4 is 5.82 Å². The Hall–Kier alpha value is -3.02. The number of aromatic amines is 1. The van der Waals surface area contributed by atoms with Gasteiger partial charge in [-0.25, -0.2) is 9.36 Å². The van der Waals surface area contributed by atoms with E-state index in [1.54, 1.807) is 30.5 Å². The molecule has 0 aliphatic rings. The topological polar surface area (TPSA) is 80.0 Å². The third kappa shape index (κ3) is 2.85. The van der Waals surface area contributed by atoms with E-state index in [4.69, 9.17) is 4.42 Å². The van der Waals surface area contributed by atoms with Gasteiger partial charge in [-0.3, -0.25) is 9.78 Å². The van der Waals surface area contributed by atoms with Gasteiger partial charge in [0.15, 0.2) is 0 Å². The van der Waals surface area contributed by atoms with Gasteiger partial charge in [0.05, 0.1) is 18.5 Å². The first-order chi connectivity index (χ1) is 10.6. The van der Waals surface area contributed by atoms with E-state index in [1.165, 1.54) is 6.07 Å². The average molecular weight is 297 g/mol. The summed E-state index contributed by atoms with van der Waals surface area (Å²) in [5.74, 6) is 1.07. The Balaban J connectivity index is 1.90. The predicted octanol–water partition coefficient (Wildman–Crippen LogP) is 2.04. The van der Waals surface area contributed by atoms with Crippen molar-refractivity contribution in [2.75, 3.05) is 5.32 Å². The molecule has 0 saturated heterocycles. The summed E-state index contributed by atoms with van der Waals surface area (Å²) < 4.78 is 6.28. The summed E-state index contributed by atoms with van der Waals surface area (Å²) in [7, 11) is 0. The Bertz CT molecular complexity index is 843. The molecule has 0 amide bonds. The third-order valence-electron chi connectivity index (χ3n) is 3.26. The van der Waals surface area contributed by atoms with Crippen LogP contribution in [0.25, 0.3) is 5.69 Å². The standard InChI is InChI=1S/C16H15N3O3/c1-11-4-6-12(7-5-11)19-15(20)9-14(18-16(19)21)17-10-13-3-2-8-22-13/h2-9,17H,10H2,1H3,(H,18,21). The normalized spacial score (nSPS) is 10.6.